The average Bonchev–Trinajstić information content (AvgIpc) is 2.66. The molecule has 152 valence electrons. The van der Waals surface area contributed by atoms with E-state index in [2.05, 4.69) is 0 Å². The fourth-order valence-electron chi connectivity index (χ4n) is 3.14. The van der Waals surface area contributed by atoms with Crippen LogP contribution < -0.4 is 0 Å². The van der Waals surface area contributed by atoms with Crippen LogP contribution in [0.15, 0.2) is 36.4 Å². The maximum atomic E-state index is 15.0. The van der Waals surface area contributed by atoms with E-state index >= 15 is 0 Å². The summed E-state index contributed by atoms with van der Waals surface area (Å²) in [6.45, 7) is 1.81. The minimum absolute atomic E-state index is 0.00620. The van der Waals surface area contributed by atoms with Gasteiger partial charge < -0.3 is 5.11 Å². The Bertz CT molecular complexity index is 1050. The molecule has 0 aliphatic heterocycles. The number of phenolic OH excluding ortho intramolecular Hbond substituents is 1. The molecule has 3 aromatic rings. The maximum Gasteiger partial charge on any atom is 0.194 e. The van der Waals surface area contributed by atoms with E-state index in [1.165, 1.54) is 12.1 Å². The molecule has 1 nitrogen and oxygen atoms in total. The number of aromatic hydroxyl groups is 1. The number of phenols is 1. The zero-order chi connectivity index (χ0) is 21.3. The third-order valence-corrected chi connectivity index (χ3v) is 4.71. The fraction of sp³-hybridized carbons (Fsp3) is 0.182. The highest BCUT2D eigenvalue weighted by molar-refractivity contribution is 5.72. The molecule has 3 aromatic carbocycles. The van der Waals surface area contributed by atoms with Crippen molar-refractivity contribution in [3.8, 4) is 16.9 Å². The summed E-state index contributed by atoms with van der Waals surface area (Å²) in [5.41, 5.74) is -0.570. The first kappa shape index (κ1) is 20.8. The Morgan fingerprint density at radius 3 is 1.90 bits per heavy atom. The van der Waals surface area contributed by atoms with Gasteiger partial charge in [-0.05, 0) is 48.6 Å². The first-order valence-electron chi connectivity index (χ1n) is 8.85. The van der Waals surface area contributed by atoms with E-state index in [0.717, 1.165) is 12.1 Å². The molecule has 0 aliphatic rings. The number of hydrogen-bond donors (Lipinski definition) is 1. The van der Waals surface area contributed by atoms with Crippen LogP contribution in [0.1, 0.15) is 23.6 Å². The van der Waals surface area contributed by atoms with Crippen LogP contribution in [-0.2, 0) is 19.3 Å². The van der Waals surface area contributed by atoms with Gasteiger partial charge in [-0.2, -0.15) is 0 Å². The van der Waals surface area contributed by atoms with Gasteiger partial charge in [0, 0.05) is 17.2 Å². The minimum Gasteiger partial charge on any atom is -0.507 e. The molecule has 0 saturated carbocycles. The van der Waals surface area contributed by atoms with Crippen LogP contribution in [0.5, 0.6) is 5.75 Å². The Labute approximate surface area is 163 Å². The summed E-state index contributed by atoms with van der Waals surface area (Å²) in [7, 11) is 0. The number of rotatable bonds is 5. The van der Waals surface area contributed by atoms with E-state index < -0.39 is 51.8 Å². The highest BCUT2D eigenvalue weighted by Crippen LogP contribution is 2.37. The molecule has 0 unspecified atom stereocenters. The first-order valence-corrected chi connectivity index (χ1v) is 8.85. The molecule has 0 amide bonds. The summed E-state index contributed by atoms with van der Waals surface area (Å²) in [4.78, 5) is 0. The zero-order valence-electron chi connectivity index (χ0n) is 15.3. The Morgan fingerprint density at radius 1 is 0.690 bits per heavy atom. The third kappa shape index (κ3) is 4.09. The highest BCUT2D eigenvalue weighted by Gasteiger charge is 2.22. The predicted molar refractivity (Wildman–Crippen MR) is 96.5 cm³/mol. The lowest BCUT2D eigenvalue weighted by Crippen LogP contribution is -2.03. The van der Waals surface area contributed by atoms with E-state index in [-0.39, 0.29) is 24.0 Å². The van der Waals surface area contributed by atoms with Crippen LogP contribution in [0.2, 0.25) is 0 Å². The van der Waals surface area contributed by atoms with Crippen molar-refractivity contribution in [2.45, 2.75) is 26.2 Å². The van der Waals surface area contributed by atoms with E-state index in [0.29, 0.717) is 18.1 Å². The van der Waals surface area contributed by atoms with Gasteiger partial charge in [0.05, 0.1) is 5.56 Å². The number of halogens is 6. The van der Waals surface area contributed by atoms with Crippen LogP contribution >= 0.6 is 0 Å². The standard InChI is InChI=1S/C22H16F6O/c1-2-11-3-5-13(15(23)7-11)20-19(29)10-16(24)14(21(20)27)6-4-12-8-17(25)22(28)18(26)9-12/h3,5,7-10,29H,2,4,6H2,1H3. The lowest BCUT2D eigenvalue weighted by molar-refractivity contribution is 0.445. The third-order valence-electron chi connectivity index (χ3n) is 4.71. The van der Waals surface area contributed by atoms with E-state index in [9.17, 15) is 31.4 Å². The van der Waals surface area contributed by atoms with Crippen LogP contribution in [0.25, 0.3) is 11.1 Å². The van der Waals surface area contributed by atoms with Crippen LogP contribution in [0, 0.1) is 34.9 Å². The summed E-state index contributed by atoms with van der Waals surface area (Å²) < 4.78 is 83.4. The monoisotopic (exact) mass is 410 g/mol. The molecule has 0 radical (unpaired) electrons. The lowest BCUT2D eigenvalue weighted by Gasteiger charge is -2.14. The van der Waals surface area contributed by atoms with Gasteiger partial charge in [-0.25, -0.2) is 26.3 Å². The van der Waals surface area contributed by atoms with E-state index in [1.54, 1.807) is 6.07 Å². The quantitative estimate of drug-likeness (QED) is 0.390. The van der Waals surface area contributed by atoms with Gasteiger partial charge in [0.25, 0.3) is 0 Å². The Hall–Kier alpha value is -2.96. The van der Waals surface area contributed by atoms with Gasteiger partial charge in [-0.3, -0.25) is 0 Å². The van der Waals surface area contributed by atoms with Crippen LogP contribution in [0.4, 0.5) is 26.3 Å². The minimum atomic E-state index is -1.64. The van der Waals surface area contributed by atoms with Gasteiger partial charge in [0.15, 0.2) is 17.5 Å². The highest BCUT2D eigenvalue weighted by atomic mass is 19.2. The van der Waals surface area contributed by atoms with Gasteiger partial charge in [-0.15, -0.1) is 0 Å². The van der Waals surface area contributed by atoms with Crippen molar-refractivity contribution in [2.75, 3.05) is 0 Å². The zero-order valence-corrected chi connectivity index (χ0v) is 15.3. The van der Waals surface area contributed by atoms with Crippen molar-refractivity contribution < 1.29 is 31.4 Å². The Morgan fingerprint density at radius 2 is 1.31 bits per heavy atom. The van der Waals surface area contributed by atoms with Crippen molar-refractivity contribution in [1.82, 2.24) is 0 Å². The second-order valence-corrected chi connectivity index (χ2v) is 6.59. The van der Waals surface area contributed by atoms with Crippen molar-refractivity contribution in [3.05, 3.63) is 88.0 Å². The van der Waals surface area contributed by atoms with Gasteiger partial charge in [-0.1, -0.05) is 19.1 Å². The van der Waals surface area contributed by atoms with Crippen molar-refractivity contribution >= 4 is 0 Å². The Kier molecular flexibility index (Phi) is 5.86. The van der Waals surface area contributed by atoms with Crippen LogP contribution in [0.3, 0.4) is 0 Å². The number of hydrogen-bond acceptors (Lipinski definition) is 1. The summed E-state index contributed by atoms with van der Waals surface area (Å²) in [6.07, 6.45) is -0.00132. The van der Waals surface area contributed by atoms with Crippen LogP contribution in [-0.4, -0.2) is 5.11 Å². The fourth-order valence-corrected chi connectivity index (χ4v) is 3.14. The second kappa shape index (κ2) is 8.19. The Balaban J connectivity index is 2.00. The molecule has 7 heteroatoms. The molecular weight excluding hydrogens is 394 g/mol. The first-order chi connectivity index (χ1) is 13.7. The molecule has 29 heavy (non-hydrogen) atoms. The maximum absolute atomic E-state index is 15.0. The normalized spacial score (nSPS) is 11.1. The van der Waals surface area contributed by atoms with Gasteiger partial charge in [0.1, 0.15) is 23.2 Å². The second-order valence-electron chi connectivity index (χ2n) is 6.59. The summed E-state index contributed by atoms with van der Waals surface area (Å²) in [6, 6.07) is 6.18. The average molecular weight is 410 g/mol. The molecule has 1 N–H and O–H groups in total. The smallest absolute Gasteiger partial charge is 0.194 e. The molecule has 0 spiro atoms. The lowest BCUT2D eigenvalue weighted by atomic mass is 9.95. The SMILES string of the molecule is CCc1ccc(-c2c(O)cc(F)c(CCc3cc(F)c(F)c(F)c3)c2F)c(F)c1. The topological polar surface area (TPSA) is 20.2 Å². The molecule has 3 rings (SSSR count). The molecular formula is C22H16F6O. The molecule has 0 bridgehead atoms. The summed E-state index contributed by atoms with van der Waals surface area (Å²) >= 11 is 0. The van der Waals surface area contributed by atoms with Crippen molar-refractivity contribution in [3.63, 3.8) is 0 Å². The predicted octanol–water partition coefficient (Wildman–Crippen LogP) is 6.24. The van der Waals surface area contributed by atoms with Gasteiger partial charge in [0.2, 0.25) is 0 Å². The molecule has 0 fully saturated rings. The van der Waals surface area contributed by atoms with Crippen molar-refractivity contribution in [1.29, 1.82) is 0 Å². The van der Waals surface area contributed by atoms with E-state index in [1.807, 2.05) is 6.92 Å². The summed E-state index contributed by atoms with van der Waals surface area (Å²) in [5, 5.41) is 10.0. The molecule has 0 saturated heterocycles. The molecule has 0 aromatic heterocycles. The largest absolute Gasteiger partial charge is 0.507 e. The van der Waals surface area contributed by atoms with E-state index in [4.69, 9.17) is 0 Å². The molecule has 0 heterocycles. The van der Waals surface area contributed by atoms with Crippen molar-refractivity contribution in [2.24, 2.45) is 0 Å². The summed E-state index contributed by atoms with van der Waals surface area (Å²) in [5.74, 6) is -8.27. The molecule has 0 aliphatic carbocycles. The molecule has 0 atom stereocenters. The van der Waals surface area contributed by atoms with Gasteiger partial charge >= 0.3 is 0 Å². The number of aryl methyl sites for hydroxylation is 2. The number of benzene rings is 3.